The van der Waals surface area contributed by atoms with Crippen LogP contribution in [0.1, 0.15) is 0 Å². The molecule has 0 bridgehead atoms. The molecule has 20 heavy (non-hydrogen) atoms. The Labute approximate surface area is 120 Å². The minimum absolute atomic E-state index is 0.155. The van der Waals surface area contributed by atoms with E-state index >= 15 is 0 Å². The Morgan fingerprint density at radius 2 is 2.15 bits per heavy atom. The number of hydrogen-bond donors (Lipinski definition) is 2. The van der Waals surface area contributed by atoms with Crippen LogP contribution in [0.2, 0.25) is 0 Å². The molecular weight excluding hydrogens is 280 g/mol. The van der Waals surface area contributed by atoms with Gasteiger partial charge < -0.3 is 15.0 Å². The van der Waals surface area contributed by atoms with Gasteiger partial charge in [-0.25, -0.2) is 13.1 Å². The standard InChI is InChI=1S/C12H22N4O3S/c1-13-11-4-5-14-10-12(11)20(17,18)15-6-7-16(2)8-9-19-3/h4-5,10,15H,6-9H2,1-3H3,(H,13,14). The lowest BCUT2D eigenvalue weighted by Gasteiger charge is -2.16. The van der Waals surface area contributed by atoms with Crippen molar-refractivity contribution in [3.8, 4) is 0 Å². The molecule has 0 atom stereocenters. The Hall–Kier alpha value is -1.22. The van der Waals surface area contributed by atoms with Gasteiger partial charge in [-0.15, -0.1) is 0 Å². The molecule has 0 saturated carbocycles. The van der Waals surface area contributed by atoms with Gasteiger partial charge >= 0.3 is 0 Å². The van der Waals surface area contributed by atoms with E-state index in [4.69, 9.17) is 4.74 Å². The van der Waals surface area contributed by atoms with Crippen LogP contribution in [0, 0.1) is 0 Å². The Morgan fingerprint density at radius 1 is 1.40 bits per heavy atom. The Kier molecular flexibility index (Phi) is 6.86. The van der Waals surface area contributed by atoms with E-state index in [0.29, 0.717) is 25.4 Å². The van der Waals surface area contributed by atoms with Gasteiger partial charge in [0, 0.05) is 46.2 Å². The lowest BCUT2D eigenvalue weighted by atomic mass is 10.4. The van der Waals surface area contributed by atoms with Crippen LogP contribution in [0.4, 0.5) is 5.69 Å². The molecule has 1 heterocycles. The zero-order valence-electron chi connectivity index (χ0n) is 12.1. The average molecular weight is 302 g/mol. The number of methoxy groups -OCH3 is 1. The van der Waals surface area contributed by atoms with Gasteiger partial charge in [0.2, 0.25) is 10.0 Å². The number of sulfonamides is 1. The van der Waals surface area contributed by atoms with Crippen LogP contribution in [0.3, 0.4) is 0 Å². The summed E-state index contributed by atoms with van der Waals surface area (Å²) in [5.41, 5.74) is 0.528. The van der Waals surface area contributed by atoms with Crippen molar-refractivity contribution in [2.75, 3.05) is 52.8 Å². The van der Waals surface area contributed by atoms with Gasteiger partial charge in [0.25, 0.3) is 0 Å². The van der Waals surface area contributed by atoms with Crippen LogP contribution in [0.15, 0.2) is 23.4 Å². The first-order valence-corrected chi connectivity index (χ1v) is 7.78. The molecule has 2 N–H and O–H groups in total. The SMILES string of the molecule is CNc1ccncc1S(=O)(=O)NCCN(C)CCOC. The Bertz CT molecular complexity index is 507. The fourth-order valence-corrected chi connectivity index (χ4v) is 2.78. The third kappa shape index (κ3) is 5.04. The molecule has 0 aliphatic heterocycles. The lowest BCUT2D eigenvalue weighted by Crippen LogP contribution is -2.34. The van der Waals surface area contributed by atoms with Crippen LogP contribution in [-0.2, 0) is 14.8 Å². The molecule has 0 aliphatic carbocycles. The number of hydrogen-bond acceptors (Lipinski definition) is 6. The van der Waals surface area contributed by atoms with Gasteiger partial charge in [-0.2, -0.15) is 0 Å². The van der Waals surface area contributed by atoms with Crippen molar-refractivity contribution in [1.82, 2.24) is 14.6 Å². The van der Waals surface area contributed by atoms with Gasteiger partial charge in [0.1, 0.15) is 4.90 Å². The van der Waals surface area contributed by atoms with Crippen molar-refractivity contribution in [3.63, 3.8) is 0 Å². The fourth-order valence-electron chi connectivity index (χ4n) is 1.61. The highest BCUT2D eigenvalue weighted by Gasteiger charge is 2.17. The molecule has 1 rings (SSSR count). The second-order valence-electron chi connectivity index (χ2n) is 4.32. The molecule has 8 heteroatoms. The highest BCUT2D eigenvalue weighted by Crippen LogP contribution is 2.18. The number of pyridine rings is 1. The third-order valence-corrected chi connectivity index (χ3v) is 4.29. The second kappa shape index (κ2) is 8.15. The number of likely N-dealkylation sites (N-methyl/N-ethyl adjacent to an activating group) is 1. The number of ether oxygens (including phenoxy) is 1. The first-order valence-electron chi connectivity index (χ1n) is 6.30. The Balaban J connectivity index is 2.58. The summed E-state index contributed by atoms with van der Waals surface area (Å²) >= 11 is 0. The molecule has 7 nitrogen and oxygen atoms in total. The summed E-state index contributed by atoms with van der Waals surface area (Å²) in [5.74, 6) is 0. The first-order chi connectivity index (χ1) is 9.51. The molecule has 0 radical (unpaired) electrons. The van der Waals surface area contributed by atoms with Crippen LogP contribution >= 0.6 is 0 Å². The molecule has 1 aromatic rings. The van der Waals surface area contributed by atoms with E-state index in [9.17, 15) is 8.42 Å². The maximum absolute atomic E-state index is 12.2. The summed E-state index contributed by atoms with van der Waals surface area (Å²) in [6.07, 6.45) is 2.88. The summed E-state index contributed by atoms with van der Waals surface area (Å²) in [6, 6.07) is 1.62. The van der Waals surface area contributed by atoms with Crippen molar-refractivity contribution >= 4 is 15.7 Å². The van der Waals surface area contributed by atoms with Crippen LogP contribution in [0.5, 0.6) is 0 Å². The largest absolute Gasteiger partial charge is 0.387 e. The molecule has 0 fully saturated rings. The highest BCUT2D eigenvalue weighted by molar-refractivity contribution is 7.89. The molecule has 0 aliphatic rings. The van der Waals surface area contributed by atoms with E-state index in [1.807, 2.05) is 11.9 Å². The number of rotatable bonds is 9. The topological polar surface area (TPSA) is 83.6 Å². The molecule has 0 amide bonds. The average Bonchev–Trinajstić information content (AvgIpc) is 2.44. The predicted octanol–water partition coefficient (Wildman–Crippen LogP) is -0.0202. The van der Waals surface area contributed by atoms with E-state index in [0.717, 1.165) is 6.54 Å². The van der Waals surface area contributed by atoms with Crippen LogP contribution < -0.4 is 10.0 Å². The van der Waals surface area contributed by atoms with Gasteiger partial charge in [-0.05, 0) is 13.1 Å². The van der Waals surface area contributed by atoms with Crippen molar-refractivity contribution < 1.29 is 13.2 Å². The summed E-state index contributed by atoms with van der Waals surface area (Å²) in [4.78, 5) is 6.01. The lowest BCUT2D eigenvalue weighted by molar-refractivity contribution is 0.162. The molecular formula is C12H22N4O3S. The molecule has 114 valence electrons. The maximum Gasteiger partial charge on any atom is 0.244 e. The molecule has 0 spiro atoms. The smallest absolute Gasteiger partial charge is 0.244 e. The number of nitrogens with one attached hydrogen (secondary N) is 2. The summed E-state index contributed by atoms with van der Waals surface area (Å²) in [7, 11) is 1.67. The minimum atomic E-state index is -3.55. The van der Waals surface area contributed by atoms with Crippen LogP contribution in [-0.4, -0.2) is 65.7 Å². The molecule has 0 aromatic carbocycles. The van der Waals surface area contributed by atoms with Gasteiger partial charge in [-0.3, -0.25) is 4.98 Å². The summed E-state index contributed by atoms with van der Waals surface area (Å²) in [6.45, 7) is 2.32. The minimum Gasteiger partial charge on any atom is -0.387 e. The molecule has 1 aromatic heterocycles. The maximum atomic E-state index is 12.2. The summed E-state index contributed by atoms with van der Waals surface area (Å²) < 4.78 is 31.9. The second-order valence-corrected chi connectivity index (χ2v) is 6.05. The zero-order valence-corrected chi connectivity index (χ0v) is 12.9. The van der Waals surface area contributed by atoms with Crippen molar-refractivity contribution in [1.29, 1.82) is 0 Å². The molecule has 0 saturated heterocycles. The van der Waals surface area contributed by atoms with Crippen molar-refractivity contribution in [2.24, 2.45) is 0 Å². The third-order valence-electron chi connectivity index (χ3n) is 2.81. The van der Waals surface area contributed by atoms with E-state index in [2.05, 4.69) is 15.0 Å². The molecule has 0 unspecified atom stereocenters. The predicted molar refractivity (Wildman–Crippen MR) is 78.3 cm³/mol. The highest BCUT2D eigenvalue weighted by atomic mass is 32.2. The van der Waals surface area contributed by atoms with E-state index in [1.165, 1.54) is 6.20 Å². The summed E-state index contributed by atoms with van der Waals surface area (Å²) in [5, 5.41) is 2.84. The van der Waals surface area contributed by atoms with Crippen molar-refractivity contribution in [2.45, 2.75) is 4.90 Å². The number of nitrogens with zero attached hydrogens (tertiary/aromatic N) is 2. The van der Waals surface area contributed by atoms with E-state index in [-0.39, 0.29) is 4.90 Å². The number of anilines is 1. The monoisotopic (exact) mass is 302 g/mol. The van der Waals surface area contributed by atoms with Crippen molar-refractivity contribution in [3.05, 3.63) is 18.5 Å². The Morgan fingerprint density at radius 3 is 2.80 bits per heavy atom. The quantitative estimate of drug-likeness (QED) is 0.667. The van der Waals surface area contributed by atoms with E-state index < -0.39 is 10.0 Å². The van der Waals surface area contributed by atoms with Gasteiger partial charge in [-0.1, -0.05) is 0 Å². The number of aromatic nitrogens is 1. The van der Waals surface area contributed by atoms with Crippen LogP contribution in [0.25, 0.3) is 0 Å². The zero-order chi connectivity index (χ0) is 15.0. The first kappa shape index (κ1) is 16.8. The normalized spacial score (nSPS) is 11.8. The van der Waals surface area contributed by atoms with Gasteiger partial charge in [0.15, 0.2) is 0 Å². The fraction of sp³-hybridized carbons (Fsp3) is 0.583. The van der Waals surface area contributed by atoms with E-state index in [1.54, 1.807) is 26.4 Å². The van der Waals surface area contributed by atoms with Gasteiger partial charge in [0.05, 0.1) is 12.3 Å².